The van der Waals surface area contributed by atoms with Crippen LogP contribution in [0.2, 0.25) is 0 Å². The van der Waals surface area contributed by atoms with E-state index in [2.05, 4.69) is 4.98 Å². The summed E-state index contributed by atoms with van der Waals surface area (Å²) in [6, 6.07) is 12.3. The molecule has 1 aliphatic rings. The van der Waals surface area contributed by atoms with Gasteiger partial charge in [-0.15, -0.1) is 0 Å². The predicted molar refractivity (Wildman–Crippen MR) is 134 cm³/mol. The van der Waals surface area contributed by atoms with Gasteiger partial charge in [-0.05, 0) is 55.8 Å². The summed E-state index contributed by atoms with van der Waals surface area (Å²) in [4.78, 5) is 44.8. The van der Waals surface area contributed by atoms with E-state index >= 15 is 0 Å². The maximum Gasteiger partial charge on any atom is 0.350 e. The van der Waals surface area contributed by atoms with Crippen LogP contribution >= 0.6 is 11.3 Å². The molecule has 186 valence electrons. The molecular formula is C26H24N2O7S. The minimum absolute atomic E-state index is 0.0964. The van der Waals surface area contributed by atoms with Gasteiger partial charge in [-0.3, -0.25) is 14.5 Å². The van der Waals surface area contributed by atoms with Crippen LogP contribution in [0.5, 0.6) is 11.5 Å². The first-order valence-corrected chi connectivity index (χ1v) is 11.9. The third-order valence-corrected chi connectivity index (χ3v) is 6.83. The molecule has 0 radical (unpaired) electrons. The Bertz CT molecular complexity index is 1340. The number of thiazole rings is 1. The molecule has 3 aromatic rings. The molecule has 0 aliphatic carbocycles. The van der Waals surface area contributed by atoms with Crippen LogP contribution in [-0.2, 0) is 14.3 Å². The molecule has 10 heteroatoms. The summed E-state index contributed by atoms with van der Waals surface area (Å²) >= 11 is 0.953. The van der Waals surface area contributed by atoms with E-state index in [1.165, 1.54) is 19.1 Å². The molecule has 1 N–H and O–H groups in total. The second kappa shape index (κ2) is 10.2. The van der Waals surface area contributed by atoms with Crippen LogP contribution in [0.1, 0.15) is 39.5 Å². The highest BCUT2D eigenvalue weighted by Crippen LogP contribution is 2.44. The van der Waals surface area contributed by atoms with Crippen molar-refractivity contribution in [2.24, 2.45) is 0 Å². The number of amides is 1. The Morgan fingerprint density at radius 2 is 1.61 bits per heavy atom. The summed E-state index contributed by atoms with van der Waals surface area (Å²) in [5.74, 6) is -1.47. The van der Waals surface area contributed by atoms with Crippen LogP contribution in [0.25, 0.3) is 5.76 Å². The number of aryl methyl sites for hydroxylation is 1. The Balaban J connectivity index is 1.89. The van der Waals surface area contributed by atoms with Crippen molar-refractivity contribution in [3.63, 3.8) is 0 Å². The van der Waals surface area contributed by atoms with Crippen LogP contribution < -0.4 is 14.4 Å². The second-order valence-corrected chi connectivity index (χ2v) is 8.78. The largest absolute Gasteiger partial charge is 0.507 e. The zero-order valence-electron chi connectivity index (χ0n) is 20.1. The second-order valence-electron chi connectivity index (χ2n) is 7.80. The highest BCUT2D eigenvalue weighted by atomic mass is 32.1. The number of Topliss-reactive ketones (excluding diaryl/α,β-unsaturated/α-hetero) is 1. The van der Waals surface area contributed by atoms with Gasteiger partial charge in [0.25, 0.3) is 5.78 Å². The van der Waals surface area contributed by atoms with Gasteiger partial charge in [-0.2, -0.15) is 0 Å². The summed E-state index contributed by atoms with van der Waals surface area (Å²) in [7, 11) is 3.05. The number of aromatic nitrogens is 1. The fourth-order valence-corrected chi connectivity index (χ4v) is 4.89. The zero-order valence-corrected chi connectivity index (χ0v) is 20.9. The number of hydrogen-bond donors (Lipinski definition) is 1. The molecule has 1 atom stereocenters. The van der Waals surface area contributed by atoms with Gasteiger partial charge < -0.3 is 19.3 Å². The number of aliphatic hydroxyl groups is 1. The average Bonchev–Trinajstić information content (AvgIpc) is 3.40. The van der Waals surface area contributed by atoms with Crippen molar-refractivity contribution in [2.45, 2.75) is 19.9 Å². The van der Waals surface area contributed by atoms with Gasteiger partial charge in [0.2, 0.25) is 0 Å². The van der Waals surface area contributed by atoms with Crippen LogP contribution in [0.15, 0.2) is 54.1 Å². The van der Waals surface area contributed by atoms with Crippen LogP contribution in [-0.4, -0.2) is 48.6 Å². The van der Waals surface area contributed by atoms with E-state index < -0.39 is 23.7 Å². The van der Waals surface area contributed by atoms with E-state index in [1.54, 1.807) is 62.4 Å². The van der Waals surface area contributed by atoms with E-state index in [-0.39, 0.29) is 27.9 Å². The van der Waals surface area contributed by atoms with Crippen molar-refractivity contribution in [3.8, 4) is 11.5 Å². The Hall–Kier alpha value is -4.18. The van der Waals surface area contributed by atoms with Crippen molar-refractivity contribution in [1.29, 1.82) is 0 Å². The molecule has 1 aliphatic heterocycles. The summed E-state index contributed by atoms with van der Waals surface area (Å²) in [6.07, 6.45) is 0. The number of anilines is 1. The molecule has 9 nitrogen and oxygen atoms in total. The molecule has 0 bridgehead atoms. The average molecular weight is 509 g/mol. The molecule has 36 heavy (non-hydrogen) atoms. The topological polar surface area (TPSA) is 115 Å². The third-order valence-electron chi connectivity index (χ3n) is 5.69. The number of benzene rings is 2. The van der Waals surface area contributed by atoms with Gasteiger partial charge in [0.1, 0.15) is 22.1 Å². The van der Waals surface area contributed by atoms with E-state index in [0.29, 0.717) is 28.3 Å². The molecule has 1 amide bonds. The molecule has 0 saturated carbocycles. The molecule has 2 heterocycles. The Kier molecular flexibility index (Phi) is 7.07. The number of rotatable bonds is 7. The maximum absolute atomic E-state index is 13.3. The monoisotopic (exact) mass is 508 g/mol. The summed E-state index contributed by atoms with van der Waals surface area (Å²) < 4.78 is 15.5. The zero-order chi connectivity index (χ0) is 26.0. The van der Waals surface area contributed by atoms with Gasteiger partial charge in [-0.1, -0.05) is 23.5 Å². The van der Waals surface area contributed by atoms with Gasteiger partial charge in [0.05, 0.1) is 38.1 Å². The predicted octanol–water partition coefficient (Wildman–Crippen LogP) is 4.27. The fourth-order valence-electron chi connectivity index (χ4n) is 3.91. The van der Waals surface area contributed by atoms with E-state index in [0.717, 1.165) is 11.3 Å². The maximum atomic E-state index is 13.3. The molecular weight excluding hydrogens is 484 g/mol. The minimum atomic E-state index is -0.987. The number of carbonyl (C=O) groups is 3. The van der Waals surface area contributed by atoms with Gasteiger partial charge in [-0.25, -0.2) is 9.78 Å². The SMILES string of the molecule is CCOC(=O)c1sc(N2C(=O)C(=O)/C(=C(/O)c3ccc(OC)cc3)C2c2ccc(OC)cc2)nc1C. The van der Waals surface area contributed by atoms with E-state index in [4.69, 9.17) is 14.2 Å². The Morgan fingerprint density at radius 1 is 1.03 bits per heavy atom. The molecule has 4 rings (SSSR count). The van der Waals surface area contributed by atoms with Crippen molar-refractivity contribution in [3.05, 3.63) is 75.8 Å². The lowest BCUT2D eigenvalue weighted by atomic mass is 9.95. The first-order valence-electron chi connectivity index (χ1n) is 11.0. The van der Waals surface area contributed by atoms with Gasteiger partial charge in [0, 0.05) is 5.56 Å². The van der Waals surface area contributed by atoms with Crippen molar-refractivity contribution in [1.82, 2.24) is 4.98 Å². The summed E-state index contributed by atoms with van der Waals surface area (Å²) in [5.41, 5.74) is 1.17. The number of aliphatic hydroxyl groups excluding tert-OH is 1. The number of ketones is 1. The minimum Gasteiger partial charge on any atom is -0.507 e. The Morgan fingerprint density at radius 3 is 2.17 bits per heavy atom. The third kappa shape index (κ3) is 4.42. The van der Waals surface area contributed by atoms with Gasteiger partial charge >= 0.3 is 11.9 Å². The fraction of sp³-hybridized carbons (Fsp3) is 0.231. The quantitative estimate of drug-likeness (QED) is 0.218. The van der Waals surface area contributed by atoms with Crippen molar-refractivity contribution >= 4 is 39.9 Å². The summed E-state index contributed by atoms with van der Waals surface area (Å²) in [5, 5.41) is 11.4. The lowest BCUT2D eigenvalue weighted by Gasteiger charge is -2.23. The number of nitrogens with zero attached hydrogens (tertiary/aromatic N) is 2. The highest BCUT2D eigenvalue weighted by Gasteiger charge is 2.48. The van der Waals surface area contributed by atoms with Crippen LogP contribution in [0, 0.1) is 6.92 Å². The van der Waals surface area contributed by atoms with Gasteiger partial charge in [0.15, 0.2) is 5.13 Å². The first-order chi connectivity index (χ1) is 17.3. The van der Waals surface area contributed by atoms with Crippen LogP contribution in [0.4, 0.5) is 5.13 Å². The molecule has 1 fully saturated rings. The molecule has 1 saturated heterocycles. The lowest BCUT2D eigenvalue weighted by Crippen LogP contribution is -2.29. The van der Waals surface area contributed by atoms with E-state index in [9.17, 15) is 19.5 Å². The highest BCUT2D eigenvalue weighted by molar-refractivity contribution is 7.17. The number of esters is 1. The van der Waals surface area contributed by atoms with Crippen LogP contribution in [0.3, 0.4) is 0 Å². The van der Waals surface area contributed by atoms with E-state index in [1.807, 2.05) is 0 Å². The normalized spacial score (nSPS) is 16.8. The number of hydrogen-bond acceptors (Lipinski definition) is 9. The first kappa shape index (κ1) is 24.9. The molecule has 1 unspecified atom stereocenters. The number of ether oxygens (including phenoxy) is 3. The smallest absolute Gasteiger partial charge is 0.350 e. The Labute approximate surface area is 211 Å². The lowest BCUT2D eigenvalue weighted by molar-refractivity contribution is -0.132. The molecule has 0 spiro atoms. The number of carbonyl (C=O) groups excluding carboxylic acids is 3. The van der Waals surface area contributed by atoms with Crippen molar-refractivity contribution < 1.29 is 33.7 Å². The standard InChI is InChI=1S/C26H24N2O7S/c1-5-35-25(32)23-14(2)27-26(36-23)28-20(15-6-10-17(33-3)11-7-15)19(22(30)24(28)31)21(29)16-8-12-18(34-4)13-9-16/h6-13,20,29H,5H2,1-4H3/b21-19+. The van der Waals surface area contributed by atoms with Crippen molar-refractivity contribution in [2.75, 3.05) is 25.7 Å². The molecule has 2 aromatic carbocycles. The molecule has 1 aromatic heterocycles. The number of methoxy groups -OCH3 is 2. The summed E-state index contributed by atoms with van der Waals surface area (Å²) in [6.45, 7) is 3.50.